The van der Waals surface area contributed by atoms with E-state index in [4.69, 9.17) is 4.74 Å². The van der Waals surface area contributed by atoms with E-state index in [2.05, 4.69) is 16.5 Å². The molecule has 194 valence electrons. The van der Waals surface area contributed by atoms with Gasteiger partial charge in [0.1, 0.15) is 17.5 Å². The number of carbonyl (C=O) groups excluding carboxylic acids is 1. The van der Waals surface area contributed by atoms with Gasteiger partial charge in [0.15, 0.2) is 0 Å². The first kappa shape index (κ1) is 25.4. The molecule has 1 aromatic heterocycles. The molecule has 7 nitrogen and oxygen atoms in total. The Morgan fingerprint density at radius 1 is 1.24 bits per heavy atom. The van der Waals surface area contributed by atoms with Crippen molar-refractivity contribution < 1.29 is 18.3 Å². The molecular formula is C27H28F2N4O3S. The van der Waals surface area contributed by atoms with Crippen LogP contribution in [0, 0.1) is 18.6 Å². The number of thioether (sulfide) groups is 1. The highest BCUT2D eigenvalue weighted by molar-refractivity contribution is 7.99. The lowest BCUT2D eigenvalue weighted by molar-refractivity contribution is -0.126. The van der Waals surface area contributed by atoms with Crippen LogP contribution in [0.1, 0.15) is 12.5 Å². The minimum atomic E-state index is -0.661. The Balaban J connectivity index is 1.75. The van der Waals surface area contributed by atoms with Crippen LogP contribution in [-0.4, -0.2) is 65.0 Å². The van der Waals surface area contributed by atoms with Crippen molar-refractivity contribution in [1.29, 1.82) is 0 Å². The molecule has 2 aromatic carbocycles. The molecule has 37 heavy (non-hydrogen) atoms. The summed E-state index contributed by atoms with van der Waals surface area (Å²) in [5.41, 5.74) is 1.95. The Labute approximate surface area is 217 Å². The van der Waals surface area contributed by atoms with Crippen LogP contribution in [-0.2, 0) is 16.1 Å². The summed E-state index contributed by atoms with van der Waals surface area (Å²) in [5.74, 6) is -0.339. The summed E-state index contributed by atoms with van der Waals surface area (Å²) in [6.45, 7) is 9.22. The maximum Gasteiger partial charge on any atom is 0.350 e. The Bertz CT molecular complexity index is 1470. The van der Waals surface area contributed by atoms with Gasteiger partial charge in [-0.25, -0.2) is 13.6 Å². The van der Waals surface area contributed by atoms with Crippen molar-refractivity contribution in [2.75, 3.05) is 37.4 Å². The number of halogens is 2. The summed E-state index contributed by atoms with van der Waals surface area (Å²) in [4.78, 5) is 34.7. The second-order valence-corrected chi connectivity index (χ2v) is 10.5. The summed E-state index contributed by atoms with van der Waals surface area (Å²) >= 11 is 1.50. The van der Waals surface area contributed by atoms with Crippen LogP contribution >= 0.6 is 11.8 Å². The molecule has 0 aliphatic carbocycles. The summed E-state index contributed by atoms with van der Waals surface area (Å²) in [5, 5.41) is 0.776. The van der Waals surface area contributed by atoms with Gasteiger partial charge in [0, 0.05) is 66.0 Å². The smallest absolute Gasteiger partial charge is 0.350 e. The van der Waals surface area contributed by atoms with Crippen molar-refractivity contribution in [1.82, 2.24) is 14.5 Å². The summed E-state index contributed by atoms with van der Waals surface area (Å²) in [6.07, 6.45) is 1.06. The molecule has 10 heteroatoms. The minimum Gasteiger partial charge on any atom is -0.379 e. The number of anilines is 1. The number of rotatable bonds is 4. The van der Waals surface area contributed by atoms with Gasteiger partial charge in [0.25, 0.3) is 0 Å². The van der Waals surface area contributed by atoms with Crippen LogP contribution in [0.4, 0.5) is 14.6 Å². The van der Waals surface area contributed by atoms with Crippen molar-refractivity contribution in [2.45, 2.75) is 37.4 Å². The van der Waals surface area contributed by atoms with Crippen LogP contribution in [0.3, 0.4) is 0 Å². The molecular weight excluding hydrogens is 498 g/mol. The van der Waals surface area contributed by atoms with Gasteiger partial charge in [-0.2, -0.15) is 4.98 Å². The third-order valence-electron chi connectivity index (χ3n) is 7.12. The zero-order chi connectivity index (χ0) is 26.4. The summed E-state index contributed by atoms with van der Waals surface area (Å²) < 4.78 is 36.0. The van der Waals surface area contributed by atoms with E-state index in [0.29, 0.717) is 48.8 Å². The number of amides is 1. The molecule has 0 N–H and O–H groups in total. The van der Waals surface area contributed by atoms with Gasteiger partial charge in [0.2, 0.25) is 5.91 Å². The molecule has 0 saturated carbocycles. The van der Waals surface area contributed by atoms with E-state index >= 15 is 4.39 Å². The fourth-order valence-electron chi connectivity index (χ4n) is 5.25. The van der Waals surface area contributed by atoms with Crippen LogP contribution in [0.25, 0.3) is 22.0 Å². The predicted octanol–water partition coefficient (Wildman–Crippen LogP) is 3.99. The van der Waals surface area contributed by atoms with Crippen molar-refractivity contribution >= 4 is 34.4 Å². The van der Waals surface area contributed by atoms with Gasteiger partial charge in [0.05, 0.1) is 18.2 Å². The number of benzene rings is 2. The van der Waals surface area contributed by atoms with E-state index in [9.17, 15) is 14.0 Å². The molecule has 2 aliphatic rings. The monoisotopic (exact) mass is 526 g/mol. The number of methoxy groups -OCH3 is 1. The van der Waals surface area contributed by atoms with Crippen LogP contribution in [0.15, 0.2) is 46.6 Å². The summed E-state index contributed by atoms with van der Waals surface area (Å²) in [7, 11) is 1.60. The molecule has 2 aliphatic heterocycles. The first-order valence-electron chi connectivity index (χ1n) is 12.1. The predicted molar refractivity (Wildman–Crippen MR) is 141 cm³/mol. The van der Waals surface area contributed by atoms with Gasteiger partial charge >= 0.3 is 5.69 Å². The number of aryl methyl sites for hydroxylation is 1. The van der Waals surface area contributed by atoms with Gasteiger partial charge in [-0.3, -0.25) is 9.36 Å². The zero-order valence-corrected chi connectivity index (χ0v) is 21.8. The number of nitrogens with zero attached hydrogens (tertiary/aromatic N) is 4. The number of ether oxygens (including phenoxy) is 1. The van der Waals surface area contributed by atoms with Gasteiger partial charge in [-0.15, -0.1) is 11.8 Å². The number of aromatic nitrogens is 2. The van der Waals surface area contributed by atoms with Crippen molar-refractivity contribution in [3.63, 3.8) is 0 Å². The van der Waals surface area contributed by atoms with E-state index in [0.717, 1.165) is 21.9 Å². The maximum atomic E-state index is 15.0. The maximum absolute atomic E-state index is 15.0. The number of carbonyl (C=O) groups is 1. The lowest BCUT2D eigenvalue weighted by atomic mass is 9.97. The third kappa shape index (κ3) is 4.42. The molecule has 0 spiro atoms. The molecule has 1 saturated heterocycles. The fourth-order valence-corrected chi connectivity index (χ4v) is 6.62. The molecule has 3 aromatic rings. The van der Waals surface area contributed by atoms with Gasteiger partial charge in [-0.1, -0.05) is 6.58 Å². The normalized spacial score (nSPS) is 19.7. The number of piperazine rings is 1. The Kier molecular flexibility index (Phi) is 6.80. The first-order valence-corrected chi connectivity index (χ1v) is 13.1. The Hall–Kier alpha value is -3.24. The molecule has 0 radical (unpaired) electrons. The summed E-state index contributed by atoms with van der Waals surface area (Å²) in [6, 6.07) is 5.40. The van der Waals surface area contributed by atoms with E-state index in [-0.39, 0.29) is 23.6 Å². The van der Waals surface area contributed by atoms with Gasteiger partial charge in [-0.05, 0) is 43.7 Å². The van der Waals surface area contributed by atoms with Crippen LogP contribution in [0.5, 0.6) is 0 Å². The first-order chi connectivity index (χ1) is 17.7. The highest BCUT2D eigenvalue weighted by Gasteiger charge is 2.32. The largest absolute Gasteiger partial charge is 0.379 e. The van der Waals surface area contributed by atoms with Crippen LogP contribution in [0.2, 0.25) is 0 Å². The number of hydrogen-bond donors (Lipinski definition) is 0. The van der Waals surface area contributed by atoms with E-state index in [1.807, 2.05) is 19.9 Å². The van der Waals surface area contributed by atoms with E-state index < -0.39 is 17.3 Å². The topological polar surface area (TPSA) is 67.7 Å². The highest BCUT2D eigenvalue weighted by atomic mass is 32.2. The average Bonchev–Trinajstić information content (AvgIpc) is 3.07. The van der Waals surface area contributed by atoms with Crippen LogP contribution < -0.4 is 10.6 Å². The zero-order valence-electron chi connectivity index (χ0n) is 21.0. The van der Waals surface area contributed by atoms with Crippen molar-refractivity contribution in [3.8, 4) is 11.1 Å². The molecule has 1 amide bonds. The van der Waals surface area contributed by atoms with Crippen molar-refractivity contribution in [3.05, 3.63) is 64.6 Å². The van der Waals surface area contributed by atoms with Crippen molar-refractivity contribution in [2.24, 2.45) is 0 Å². The second-order valence-electron chi connectivity index (χ2n) is 9.45. The Morgan fingerprint density at radius 2 is 2.03 bits per heavy atom. The molecule has 1 fully saturated rings. The fraction of sp³-hybridized carbons (Fsp3) is 0.370. The minimum absolute atomic E-state index is 0.0916. The Morgan fingerprint density at radius 3 is 2.70 bits per heavy atom. The number of hydrogen-bond acceptors (Lipinski definition) is 6. The standard InChI is InChI=1S/C27H28F2N4O3S/c1-5-22(34)31-8-9-32(16(3)12-31)26-20-10-15(2)23(19-7-6-17(28)11-21(19)29)25-24(20)33(27(35)30-26)13-18(36-4)14-37-25/h5-7,10-11,16,18H,1,8-9,12-14H2,2-4H3/t16-,18-/m0/s1. The van der Waals surface area contributed by atoms with Gasteiger partial charge < -0.3 is 14.5 Å². The highest BCUT2D eigenvalue weighted by Crippen LogP contribution is 2.44. The molecule has 5 rings (SSSR count). The lowest BCUT2D eigenvalue weighted by Crippen LogP contribution is -2.54. The average molecular weight is 527 g/mol. The molecule has 0 bridgehead atoms. The molecule has 3 heterocycles. The quantitative estimate of drug-likeness (QED) is 0.479. The molecule has 2 atom stereocenters. The second kappa shape index (κ2) is 9.90. The lowest BCUT2D eigenvalue weighted by Gasteiger charge is -2.40. The van der Waals surface area contributed by atoms with E-state index in [1.165, 1.54) is 30.0 Å². The third-order valence-corrected chi connectivity index (χ3v) is 8.34. The van der Waals surface area contributed by atoms with E-state index in [1.54, 1.807) is 16.6 Å². The SMILES string of the molecule is C=CC(=O)N1CCN(c2nc(=O)n3c4c(c(-c5ccc(F)cc5F)c(C)cc24)SC[C@@H](OC)C3)[C@@H](C)C1. The molecule has 0 unspecified atom stereocenters.